The maximum atomic E-state index is 12.2. The van der Waals surface area contributed by atoms with Crippen molar-refractivity contribution in [2.45, 2.75) is 31.8 Å². The van der Waals surface area contributed by atoms with Gasteiger partial charge in [-0.15, -0.1) is 0 Å². The second-order valence-electron chi connectivity index (χ2n) is 5.11. The largest absolute Gasteiger partial charge is 0.399 e. The SMILES string of the molecule is CC(C(=O)NC1CCc2cc(N)ccc21)n1cncn1. The number of aryl methyl sites for hydroxylation is 1. The minimum absolute atomic E-state index is 0.0508. The molecule has 0 spiro atoms. The molecular weight excluding hydrogens is 254 g/mol. The van der Waals surface area contributed by atoms with Crippen LogP contribution in [0.2, 0.25) is 0 Å². The number of nitrogens with zero attached hydrogens (tertiary/aromatic N) is 3. The fourth-order valence-electron chi connectivity index (χ4n) is 2.62. The number of hydrogen-bond donors (Lipinski definition) is 2. The van der Waals surface area contributed by atoms with Gasteiger partial charge in [0.2, 0.25) is 5.91 Å². The zero-order chi connectivity index (χ0) is 14.1. The number of benzene rings is 1. The third kappa shape index (κ3) is 2.24. The highest BCUT2D eigenvalue weighted by atomic mass is 16.2. The van der Waals surface area contributed by atoms with E-state index >= 15 is 0 Å². The first-order valence-corrected chi connectivity index (χ1v) is 6.68. The van der Waals surface area contributed by atoms with Gasteiger partial charge in [-0.25, -0.2) is 9.67 Å². The molecule has 0 saturated carbocycles. The van der Waals surface area contributed by atoms with Crippen molar-refractivity contribution in [1.29, 1.82) is 0 Å². The van der Waals surface area contributed by atoms with E-state index in [-0.39, 0.29) is 18.0 Å². The number of hydrogen-bond acceptors (Lipinski definition) is 4. The number of carbonyl (C=O) groups is 1. The molecule has 0 saturated heterocycles. The predicted molar refractivity (Wildman–Crippen MR) is 74.8 cm³/mol. The van der Waals surface area contributed by atoms with E-state index in [1.54, 1.807) is 11.0 Å². The Morgan fingerprint density at radius 1 is 1.55 bits per heavy atom. The number of nitrogens with two attached hydrogens (primary N) is 1. The van der Waals surface area contributed by atoms with Crippen LogP contribution in [0, 0.1) is 0 Å². The van der Waals surface area contributed by atoms with Gasteiger partial charge in [-0.1, -0.05) is 6.07 Å². The molecule has 0 radical (unpaired) electrons. The van der Waals surface area contributed by atoms with Crippen LogP contribution in [0.15, 0.2) is 30.9 Å². The first-order chi connectivity index (χ1) is 9.65. The Bertz CT molecular complexity index is 622. The van der Waals surface area contributed by atoms with Gasteiger partial charge in [-0.3, -0.25) is 4.79 Å². The molecule has 1 aromatic carbocycles. The number of carbonyl (C=O) groups excluding carboxylic acids is 1. The highest BCUT2D eigenvalue weighted by molar-refractivity contribution is 5.80. The molecule has 6 nitrogen and oxygen atoms in total. The molecule has 1 heterocycles. The van der Waals surface area contributed by atoms with E-state index in [0.29, 0.717) is 0 Å². The second-order valence-corrected chi connectivity index (χ2v) is 5.11. The molecule has 2 unspecified atom stereocenters. The monoisotopic (exact) mass is 271 g/mol. The van der Waals surface area contributed by atoms with Crippen molar-refractivity contribution in [2.24, 2.45) is 0 Å². The van der Waals surface area contributed by atoms with Crippen LogP contribution in [0.3, 0.4) is 0 Å². The van der Waals surface area contributed by atoms with Crippen LogP contribution in [0.4, 0.5) is 5.69 Å². The van der Waals surface area contributed by atoms with Gasteiger partial charge in [0.05, 0.1) is 6.04 Å². The first-order valence-electron chi connectivity index (χ1n) is 6.68. The third-order valence-corrected chi connectivity index (χ3v) is 3.77. The number of rotatable bonds is 3. The molecule has 2 aromatic rings. The summed E-state index contributed by atoms with van der Waals surface area (Å²) in [7, 11) is 0. The molecule has 2 atom stereocenters. The minimum atomic E-state index is -0.365. The third-order valence-electron chi connectivity index (χ3n) is 3.77. The normalized spacial score (nSPS) is 18.6. The Hall–Kier alpha value is -2.37. The van der Waals surface area contributed by atoms with Crippen LogP contribution >= 0.6 is 0 Å². The van der Waals surface area contributed by atoms with Crippen LogP contribution in [0.5, 0.6) is 0 Å². The summed E-state index contributed by atoms with van der Waals surface area (Å²) in [6.45, 7) is 1.81. The van der Waals surface area contributed by atoms with Crippen LogP contribution < -0.4 is 11.1 Å². The number of nitrogens with one attached hydrogen (secondary N) is 1. The van der Waals surface area contributed by atoms with E-state index in [2.05, 4.69) is 15.4 Å². The molecule has 0 fully saturated rings. The molecule has 3 rings (SSSR count). The van der Waals surface area contributed by atoms with Gasteiger partial charge in [0.25, 0.3) is 0 Å². The molecule has 104 valence electrons. The first kappa shape index (κ1) is 12.7. The number of aromatic nitrogens is 3. The lowest BCUT2D eigenvalue weighted by molar-refractivity contribution is -0.124. The van der Waals surface area contributed by atoms with E-state index in [1.807, 2.05) is 25.1 Å². The molecule has 1 aliphatic carbocycles. The van der Waals surface area contributed by atoms with Gasteiger partial charge >= 0.3 is 0 Å². The van der Waals surface area contributed by atoms with Gasteiger partial charge in [0, 0.05) is 5.69 Å². The number of anilines is 1. The summed E-state index contributed by atoms with van der Waals surface area (Å²) >= 11 is 0. The Balaban J connectivity index is 1.72. The summed E-state index contributed by atoms with van der Waals surface area (Å²) in [5.41, 5.74) is 8.94. The smallest absolute Gasteiger partial charge is 0.245 e. The Kier molecular flexibility index (Phi) is 3.14. The highest BCUT2D eigenvalue weighted by Gasteiger charge is 2.26. The van der Waals surface area contributed by atoms with Crippen molar-refractivity contribution in [3.63, 3.8) is 0 Å². The van der Waals surface area contributed by atoms with Crippen LogP contribution in [0.1, 0.15) is 36.6 Å². The Morgan fingerprint density at radius 2 is 2.40 bits per heavy atom. The molecular formula is C14H17N5O. The maximum Gasteiger partial charge on any atom is 0.245 e. The van der Waals surface area contributed by atoms with Gasteiger partial charge in [0.1, 0.15) is 18.7 Å². The minimum Gasteiger partial charge on any atom is -0.399 e. The van der Waals surface area contributed by atoms with E-state index < -0.39 is 0 Å². The summed E-state index contributed by atoms with van der Waals surface area (Å²) in [6.07, 6.45) is 4.84. The van der Waals surface area contributed by atoms with E-state index in [4.69, 9.17) is 5.73 Å². The predicted octanol–water partition coefficient (Wildman–Crippen LogP) is 1.23. The Labute approximate surface area is 117 Å². The van der Waals surface area contributed by atoms with Gasteiger partial charge in [-0.05, 0) is 43.0 Å². The van der Waals surface area contributed by atoms with Crippen molar-refractivity contribution in [3.05, 3.63) is 42.0 Å². The fourth-order valence-corrected chi connectivity index (χ4v) is 2.62. The molecule has 0 aliphatic heterocycles. The standard InChI is InChI=1S/C14H17N5O/c1-9(19-8-16-7-17-19)14(20)18-13-5-2-10-6-11(15)3-4-12(10)13/h3-4,6-9,13H,2,5,15H2,1H3,(H,18,20). The summed E-state index contributed by atoms with van der Waals surface area (Å²) < 4.78 is 1.55. The number of nitrogen functional groups attached to an aromatic ring is 1. The van der Waals surface area contributed by atoms with Gasteiger partial charge in [0.15, 0.2) is 0 Å². The molecule has 1 aromatic heterocycles. The molecule has 3 N–H and O–H groups in total. The average Bonchev–Trinajstić information content (AvgIpc) is 3.07. The topological polar surface area (TPSA) is 85.8 Å². The Morgan fingerprint density at radius 3 is 3.15 bits per heavy atom. The van der Waals surface area contributed by atoms with E-state index in [9.17, 15) is 4.79 Å². The van der Waals surface area contributed by atoms with E-state index in [0.717, 1.165) is 18.5 Å². The fraction of sp³-hybridized carbons (Fsp3) is 0.357. The van der Waals surface area contributed by atoms with Gasteiger partial charge in [-0.2, -0.15) is 5.10 Å². The molecule has 20 heavy (non-hydrogen) atoms. The average molecular weight is 271 g/mol. The maximum absolute atomic E-state index is 12.2. The van der Waals surface area contributed by atoms with Crippen LogP contribution in [0.25, 0.3) is 0 Å². The van der Waals surface area contributed by atoms with Crippen molar-refractivity contribution >= 4 is 11.6 Å². The van der Waals surface area contributed by atoms with Crippen molar-refractivity contribution in [3.8, 4) is 0 Å². The van der Waals surface area contributed by atoms with Gasteiger partial charge < -0.3 is 11.1 Å². The van der Waals surface area contributed by atoms with Crippen molar-refractivity contribution in [1.82, 2.24) is 20.1 Å². The van der Waals surface area contributed by atoms with Crippen molar-refractivity contribution in [2.75, 3.05) is 5.73 Å². The zero-order valence-corrected chi connectivity index (χ0v) is 11.3. The van der Waals surface area contributed by atoms with Crippen LogP contribution in [-0.4, -0.2) is 20.7 Å². The van der Waals surface area contributed by atoms with Crippen molar-refractivity contribution < 1.29 is 4.79 Å². The van der Waals surface area contributed by atoms with Crippen LogP contribution in [-0.2, 0) is 11.2 Å². The summed E-state index contributed by atoms with van der Waals surface area (Å²) in [4.78, 5) is 16.1. The summed E-state index contributed by atoms with van der Waals surface area (Å²) in [5, 5.41) is 7.07. The zero-order valence-electron chi connectivity index (χ0n) is 11.3. The number of fused-ring (bicyclic) bond motifs is 1. The van der Waals surface area contributed by atoms with E-state index in [1.165, 1.54) is 17.5 Å². The second kappa shape index (κ2) is 4.96. The lowest BCUT2D eigenvalue weighted by atomic mass is 10.1. The molecule has 1 aliphatic rings. The lowest BCUT2D eigenvalue weighted by Crippen LogP contribution is -2.33. The lowest BCUT2D eigenvalue weighted by Gasteiger charge is -2.18. The number of amides is 1. The highest BCUT2D eigenvalue weighted by Crippen LogP contribution is 2.32. The summed E-state index contributed by atoms with van der Waals surface area (Å²) in [6, 6.07) is 5.56. The quantitative estimate of drug-likeness (QED) is 0.822. The summed E-state index contributed by atoms with van der Waals surface area (Å²) in [5.74, 6) is -0.0508. The molecule has 6 heteroatoms. The molecule has 1 amide bonds. The molecule has 0 bridgehead atoms.